The average molecular weight is 334 g/mol. The van der Waals surface area contributed by atoms with E-state index in [0.29, 0.717) is 30.4 Å². The molecule has 0 aromatic heterocycles. The fourth-order valence-corrected chi connectivity index (χ4v) is 3.75. The molecule has 0 amide bonds. The average Bonchev–Trinajstić information content (AvgIpc) is 3.21. The van der Waals surface area contributed by atoms with Gasteiger partial charge in [0.05, 0.1) is 13.2 Å². The number of ether oxygens (including phenoxy) is 2. The van der Waals surface area contributed by atoms with Gasteiger partial charge in [-0.05, 0) is 45.6 Å². The maximum atomic E-state index is 13.0. The molecule has 1 aliphatic carbocycles. The van der Waals surface area contributed by atoms with Crippen molar-refractivity contribution in [3.63, 3.8) is 0 Å². The van der Waals surface area contributed by atoms with Gasteiger partial charge < -0.3 is 9.47 Å². The monoisotopic (exact) mass is 334 g/mol. The molecule has 5 nitrogen and oxygen atoms in total. The number of rotatable bonds is 6. The summed E-state index contributed by atoms with van der Waals surface area (Å²) in [6.07, 6.45) is 3.39. The number of esters is 1. The molecule has 0 radical (unpaired) electrons. The molecule has 0 spiro atoms. The van der Waals surface area contributed by atoms with Crippen LogP contribution in [0.1, 0.15) is 47.0 Å². The standard InChI is InChI=1S/C19H26O5/c1-11(13(3)20)8-7-9-18(4)14(12(2)16(21)23-6)10-15-19(5,24-15)17(18)22/h8,14-15H,2,7,9-10H2,1,3-6H3/b11-8+/t14-,15+,18-,19+/m1/s1. The van der Waals surface area contributed by atoms with Gasteiger partial charge in [-0.1, -0.05) is 19.6 Å². The second kappa shape index (κ2) is 6.28. The molecule has 24 heavy (non-hydrogen) atoms. The van der Waals surface area contributed by atoms with Crippen LogP contribution in [0.15, 0.2) is 23.8 Å². The van der Waals surface area contributed by atoms with Gasteiger partial charge in [-0.15, -0.1) is 0 Å². The molecule has 0 aromatic carbocycles. The van der Waals surface area contributed by atoms with Crippen LogP contribution in [0, 0.1) is 11.3 Å². The summed E-state index contributed by atoms with van der Waals surface area (Å²) in [4.78, 5) is 36.3. The summed E-state index contributed by atoms with van der Waals surface area (Å²) in [5.41, 5.74) is -0.517. The van der Waals surface area contributed by atoms with E-state index < -0.39 is 17.0 Å². The van der Waals surface area contributed by atoms with Gasteiger partial charge in [0.1, 0.15) is 0 Å². The number of Topliss-reactive ketones (excluding diaryl/α,β-unsaturated/α-hetero) is 2. The van der Waals surface area contributed by atoms with E-state index in [2.05, 4.69) is 6.58 Å². The molecule has 2 fully saturated rings. The Bertz CT molecular complexity index is 632. The van der Waals surface area contributed by atoms with E-state index in [9.17, 15) is 14.4 Å². The molecule has 0 N–H and O–H groups in total. The number of ketones is 2. The van der Waals surface area contributed by atoms with Crippen molar-refractivity contribution in [1.29, 1.82) is 0 Å². The highest BCUT2D eigenvalue weighted by molar-refractivity contribution is 5.99. The third-order valence-corrected chi connectivity index (χ3v) is 5.67. The molecule has 1 aliphatic heterocycles. The van der Waals surface area contributed by atoms with E-state index in [4.69, 9.17) is 9.47 Å². The highest BCUT2D eigenvalue weighted by atomic mass is 16.6. The summed E-state index contributed by atoms with van der Waals surface area (Å²) >= 11 is 0. The molecule has 5 heteroatoms. The van der Waals surface area contributed by atoms with Crippen LogP contribution in [0.4, 0.5) is 0 Å². The van der Waals surface area contributed by atoms with Gasteiger partial charge in [0, 0.05) is 16.9 Å². The lowest BCUT2D eigenvalue weighted by molar-refractivity contribution is -0.140. The summed E-state index contributed by atoms with van der Waals surface area (Å²) in [5, 5.41) is 0. The third kappa shape index (κ3) is 2.97. The first-order valence-electron chi connectivity index (χ1n) is 8.25. The predicted molar refractivity (Wildman–Crippen MR) is 89.3 cm³/mol. The highest BCUT2D eigenvalue weighted by Crippen LogP contribution is 2.57. The van der Waals surface area contributed by atoms with Crippen LogP contribution in [-0.2, 0) is 23.9 Å². The number of allylic oxidation sites excluding steroid dienone is 2. The largest absolute Gasteiger partial charge is 0.466 e. The second-order valence-electron chi connectivity index (χ2n) is 7.25. The molecular formula is C19H26O5. The van der Waals surface area contributed by atoms with Crippen molar-refractivity contribution < 1.29 is 23.9 Å². The molecule has 2 rings (SSSR count). The summed E-state index contributed by atoms with van der Waals surface area (Å²) in [5.74, 6) is -0.777. The Hall–Kier alpha value is -1.75. The lowest BCUT2D eigenvalue weighted by Crippen LogP contribution is -2.49. The predicted octanol–water partition coefficient (Wildman–Crippen LogP) is 2.78. The van der Waals surface area contributed by atoms with Crippen LogP contribution < -0.4 is 0 Å². The molecule has 1 heterocycles. The lowest BCUT2D eigenvalue weighted by atomic mass is 9.59. The minimum atomic E-state index is -0.763. The van der Waals surface area contributed by atoms with Crippen molar-refractivity contribution in [2.75, 3.05) is 7.11 Å². The Labute approximate surface area is 143 Å². The van der Waals surface area contributed by atoms with E-state index in [1.165, 1.54) is 14.0 Å². The number of epoxide rings is 1. The zero-order chi connectivity index (χ0) is 18.3. The minimum absolute atomic E-state index is 0.00943. The van der Waals surface area contributed by atoms with Crippen molar-refractivity contribution in [2.24, 2.45) is 11.3 Å². The van der Waals surface area contributed by atoms with Crippen molar-refractivity contribution in [2.45, 2.75) is 58.7 Å². The van der Waals surface area contributed by atoms with Gasteiger partial charge in [-0.2, -0.15) is 0 Å². The molecule has 0 unspecified atom stereocenters. The molecule has 0 bridgehead atoms. The molecule has 1 saturated heterocycles. The maximum absolute atomic E-state index is 13.0. The van der Waals surface area contributed by atoms with Crippen molar-refractivity contribution in [3.8, 4) is 0 Å². The zero-order valence-corrected chi connectivity index (χ0v) is 15.1. The Morgan fingerprint density at radius 1 is 1.38 bits per heavy atom. The summed E-state index contributed by atoms with van der Waals surface area (Å²) in [6.45, 7) is 10.8. The molecule has 0 aromatic rings. The lowest BCUT2D eigenvalue weighted by Gasteiger charge is -2.40. The minimum Gasteiger partial charge on any atom is -0.466 e. The van der Waals surface area contributed by atoms with Crippen LogP contribution in [0.5, 0.6) is 0 Å². The quantitative estimate of drug-likeness (QED) is 0.424. The first kappa shape index (κ1) is 18.6. The molecule has 4 atom stereocenters. The Kier molecular flexibility index (Phi) is 4.86. The topological polar surface area (TPSA) is 73.0 Å². The maximum Gasteiger partial charge on any atom is 0.333 e. The fourth-order valence-electron chi connectivity index (χ4n) is 3.75. The number of carbonyl (C=O) groups is 3. The van der Waals surface area contributed by atoms with E-state index >= 15 is 0 Å². The van der Waals surface area contributed by atoms with Gasteiger partial charge >= 0.3 is 5.97 Å². The first-order chi connectivity index (χ1) is 11.1. The molecule has 2 aliphatic rings. The molecule has 1 saturated carbocycles. The van der Waals surface area contributed by atoms with Crippen molar-refractivity contribution in [1.82, 2.24) is 0 Å². The van der Waals surface area contributed by atoms with Crippen LogP contribution in [0.2, 0.25) is 0 Å². The second-order valence-corrected chi connectivity index (χ2v) is 7.25. The van der Waals surface area contributed by atoms with E-state index in [1.807, 2.05) is 19.9 Å². The molecule has 132 valence electrons. The Balaban J connectivity index is 2.26. The van der Waals surface area contributed by atoms with Crippen molar-refractivity contribution >= 4 is 17.5 Å². The van der Waals surface area contributed by atoms with Crippen molar-refractivity contribution in [3.05, 3.63) is 23.8 Å². The first-order valence-corrected chi connectivity index (χ1v) is 8.25. The smallest absolute Gasteiger partial charge is 0.333 e. The van der Waals surface area contributed by atoms with Gasteiger partial charge in [0.15, 0.2) is 17.2 Å². The van der Waals surface area contributed by atoms with Crippen LogP contribution in [-0.4, -0.2) is 36.4 Å². The number of carbonyl (C=O) groups excluding carboxylic acids is 3. The summed E-state index contributed by atoms with van der Waals surface area (Å²) in [6, 6.07) is 0. The number of methoxy groups -OCH3 is 1. The number of hydrogen-bond donors (Lipinski definition) is 0. The number of fused-ring (bicyclic) bond motifs is 1. The van der Waals surface area contributed by atoms with Crippen LogP contribution in [0.25, 0.3) is 0 Å². The van der Waals surface area contributed by atoms with E-state index in [-0.39, 0.29) is 23.6 Å². The normalized spacial score (nSPS) is 35.2. The zero-order valence-electron chi connectivity index (χ0n) is 15.1. The molecular weight excluding hydrogens is 308 g/mol. The van der Waals surface area contributed by atoms with E-state index in [1.54, 1.807) is 6.92 Å². The Morgan fingerprint density at radius 2 is 2.00 bits per heavy atom. The highest BCUT2D eigenvalue weighted by Gasteiger charge is 2.68. The van der Waals surface area contributed by atoms with Crippen LogP contribution in [0.3, 0.4) is 0 Å². The van der Waals surface area contributed by atoms with E-state index in [0.717, 1.165) is 0 Å². The Morgan fingerprint density at radius 3 is 2.54 bits per heavy atom. The summed E-state index contributed by atoms with van der Waals surface area (Å²) in [7, 11) is 1.31. The van der Waals surface area contributed by atoms with Gasteiger partial charge in [0.25, 0.3) is 0 Å². The SMILES string of the molecule is C=C(C(=O)OC)[C@H]1C[C@@H]2O[C@]2(C)C(=O)[C@]1(C)CC/C=C(\C)C(C)=O. The van der Waals surface area contributed by atoms with Gasteiger partial charge in [-0.3, -0.25) is 9.59 Å². The van der Waals surface area contributed by atoms with Gasteiger partial charge in [-0.25, -0.2) is 4.79 Å². The summed E-state index contributed by atoms with van der Waals surface area (Å²) < 4.78 is 10.4. The third-order valence-electron chi connectivity index (χ3n) is 5.67. The fraction of sp³-hybridized carbons (Fsp3) is 0.632. The van der Waals surface area contributed by atoms with Crippen LogP contribution >= 0.6 is 0 Å². The van der Waals surface area contributed by atoms with Gasteiger partial charge in [0.2, 0.25) is 0 Å². The number of hydrogen-bond acceptors (Lipinski definition) is 5.